The Bertz CT molecular complexity index is 1170. The Labute approximate surface area is 460 Å². The van der Waals surface area contributed by atoms with Crippen molar-refractivity contribution in [2.75, 3.05) is 26.4 Å². The van der Waals surface area contributed by atoms with E-state index in [1.807, 2.05) is 0 Å². The third-order valence-electron chi connectivity index (χ3n) is 15.2. The smallest absolute Gasteiger partial charge is 0.462 e. The fourth-order valence-corrected chi connectivity index (χ4v) is 11.1. The molecule has 0 aliphatic carbocycles. The summed E-state index contributed by atoms with van der Waals surface area (Å²) < 4.78 is 33.2. The van der Waals surface area contributed by atoms with Crippen LogP contribution in [0.4, 0.5) is 0 Å². The molecule has 3 N–H and O–H groups in total. The summed E-state index contributed by atoms with van der Waals surface area (Å²) in [6, 6.07) is 0. The zero-order valence-corrected chi connectivity index (χ0v) is 50.5. The summed E-state index contributed by atoms with van der Waals surface area (Å²) in [4.78, 5) is 35.3. The molecule has 0 bridgehead atoms. The number of rotatable bonds is 64. The van der Waals surface area contributed by atoms with E-state index >= 15 is 0 Å². The van der Waals surface area contributed by atoms with Gasteiger partial charge < -0.3 is 20.1 Å². The number of phosphoric acid groups is 1. The van der Waals surface area contributed by atoms with Crippen molar-refractivity contribution in [3.05, 3.63) is 0 Å². The van der Waals surface area contributed by atoms with Crippen molar-refractivity contribution in [3.8, 4) is 0 Å². The van der Waals surface area contributed by atoms with Gasteiger partial charge in [0.05, 0.1) is 13.2 Å². The Hall–Kier alpha value is -0.990. The number of hydrogen-bond donors (Lipinski definition) is 2. The third kappa shape index (κ3) is 60.2. The van der Waals surface area contributed by atoms with Gasteiger partial charge in [-0.05, 0) is 12.8 Å². The highest BCUT2D eigenvalue weighted by atomic mass is 31.2. The van der Waals surface area contributed by atoms with E-state index in [1.54, 1.807) is 0 Å². The van der Waals surface area contributed by atoms with Crippen molar-refractivity contribution in [3.63, 3.8) is 0 Å². The van der Waals surface area contributed by atoms with Crippen LogP contribution in [0.25, 0.3) is 0 Å². The van der Waals surface area contributed by atoms with Crippen molar-refractivity contribution in [1.82, 2.24) is 0 Å². The summed E-state index contributed by atoms with van der Waals surface area (Å²) >= 11 is 0. The summed E-state index contributed by atoms with van der Waals surface area (Å²) in [7, 11) is -4.38. The van der Waals surface area contributed by atoms with Crippen LogP contribution >= 0.6 is 7.82 Å². The quantitative estimate of drug-likeness (QED) is 0.0347. The van der Waals surface area contributed by atoms with Crippen LogP contribution in [0.15, 0.2) is 0 Å². The lowest BCUT2D eigenvalue weighted by Gasteiger charge is -2.19. The highest BCUT2D eigenvalue weighted by Crippen LogP contribution is 2.43. The highest BCUT2D eigenvalue weighted by molar-refractivity contribution is 7.47. The molecule has 0 radical (unpaired) electrons. The van der Waals surface area contributed by atoms with Crippen molar-refractivity contribution < 1.29 is 37.6 Å². The van der Waals surface area contributed by atoms with Crippen LogP contribution in [0.3, 0.4) is 0 Å². The van der Waals surface area contributed by atoms with Crippen LogP contribution < -0.4 is 5.73 Å². The maximum Gasteiger partial charge on any atom is 0.472 e. The van der Waals surface area contributed by atoms with Crippen LogP contribution in [0.2, 0.25) is 0 Å². The summed E-state index contributed by atoms with van der Waals surface area (Å²) in [5.74, 6) is -0.798. The molecule has 0 rings (SSSR count). The first-order valence-corrected chi connectivity index (χ1v) is 34.5. The van der Waals surface area contributed by atoms with E-state index in [2.05, 4.69) is 13.8 Å². The second-order valence-corrected chi connectivity index (χ2v) is 24.2. The number of carbonyl (C=O) groups excluding carboxylic acids is 2. The molecule has 10 heteroatoms. The monoisotopic (exact) mass is 1070 g/mol. The van der Waals surface area contributed by atoms with Gasteiger partial charge in [-0.2, -0.15) is 0 Å². The van der Waals surface area contributed by atoms with E-state index in [4.69, 9.17) is 24.3 Å². The zero-order valence-electron chi connectivity index (χ0n) is 49.6. The Morgan fingerprint density at radius 1 is 0.351 bits per heavy atom. The molecule has 0 saturated heterocycles. The number of unbranched alkanes of at least 4 members (excludes halogenated alkanes) is 51. The number of phosphoric ester groups is 1. The number of ether oxygens (including phenoxy) is 2. The summed E-state index contributed by atoms with van der Waals surface area (Å²) in [5.41, 5.74) is 5.40. The van der Waals surface area contributed by atoms with E-state index in [-0.39, 0.29) is 32.1 Å². The first-order valence-electron chi connectivity index (χ1n) is 33.0. The molecule has 74 heavy (non-hydrogen) atoms. The van der Waals surface area contributed by atoms with Gasteiger partial charge in [0.2, 0.25) is 0 Å². The normalized spacial score (nSPS) is 12.9. The van der Waals surface area contributed by atoms with Gasteiger partial charge in [0, 0.05) is 19.4 Å². The van der Waals surface area contributed by atoms with E-state index in [0.717, 1.165) is 32.1 Å². The molecule has 2 atom stereocenters. The lowest BCUT2D eigenvalue weighted by atomic mass is 10.0. The lowest BCUT2D eigenvalue weighted by molar-refractivity contribution is -0.161. The van der Waals surface area contributed by atoms with Crippen LogP contribution in [0, 0.1) is 0 Å². The predicted octanol–water partition coefficient (Wildman–Crippen LogP) is 21.0. The molecule has 0 heterocycles. The van der Waals surface area contributed by atoms with Gasteiger partial charge in [0.15, 0.2) is 6.10 Å². The maximum atomic E-state index is 12.7. The second kappa shape index (κ2) is 61.2. The van der Waals surface area contributed by atoms with Gasteiger partial charge in [-0.15, -0.1) is 0 Å². The third-order valence-corrected chi connectivity index (χ3v) is 16.2. The van der Waals surface area contributed by atoms with Crippen molar-refractivity contribution in [2.45, 2.75) is 373 Å². The largest absolute Gasteiger partial charge is 0.472 e. The summed E-state index contributed by atoms with van der Waals surface area (Å²) in [6.45, 7) is 3.84. The fraction of sp³-hybridized carbons (Fsp3) is 0.969. The topological polar surface area (TPSA) is 134 Å². The van der Waals surface area contributed by atoms with Gasteiger partial charge >= 0.3 is 19.8 Å². The molecule has 0 saturated carbocycles. The fourth-order valence-electron chi connectivity index (χ4n) is 10.3. The molecule has 0 fully saturated rings. The van der Waals surface area contributed by atoms with E-state index < -0.39 is 26.5 Å². The minimum absolute atomic E-state index is 0.0588. The minimum Gasteiger partial charge on any atom is -0.462 e. The molecule has 2 unspecified atom stereocenters. The molecule has 0 aliphatic rings. The molecule has 0 aromatic heterocycles. The van der Waals surface area contributed by atoms with Crippen LogP contribution in [-0.4, -0.2) is 49.3 Å². The van der Waals surface area contributed by atoms with E-state index in [9.17, 15) is 19.0 Å². The SMILES string of the molecule is CCCCCCCCCCCCCCCCCCCCCCCCCCCCCC(=O)OC(COC(=O)CCCCCCCCCCCCCCCCCCCCCCCCCCCC)COP(=O)(O)OCCN. The molecule has 0 aromatic rings. The Balaban J connectivity index is 3.83. The molecule has 0 amide bonds. The number of nitrogens with two attached hydrogens (primary N) is 1. The van der Waals surface area contributed by atoms with Crippen molar-refractivity contribution >= 4 is 19.8 Å². The molecule has 0 aliphatic heterocycles. The van der Waals surface area contributed by atoms with Gasteiger partial charge in [0.1, 0.15) is 6.61 Å². The molecule has 0 aromatic carbocycles. The van der Waals surface area contributed by atoms with Gasteiger partial charge in [-0.1, -0.05) is 341 Å². The summed E-state index contributed by atoms with van der Waals surface area (Å²) in [6.07, 6.45) is 70.5. The Morgan fingerprint density at radius 2 is 0.581 bits per heavy atom. The van der Waals surface area contributed by atoms with E-state index in [0.29, 0.717) is 12.8 Å². The molecule has 0 spiro atoms. The Kier molecular flexibility index (Phi) is 60.4. The molecular formula is C64H128NO8P. The standard InChI is InChI=1S/C64H128NO8P/c1-3-5-7-9-11-13-15-17-19-21-23-25-27-29-31-33-35-37-39-41-43-45-47-49-51-53-55-57-64(67)73-62(61-72-74(68,69)71-59-58-65)60-70-63(66)56-54-52-50-48-46-44-42-40-38-36-34-32-30-28-26-24-22-20-18-16-14-12-10-8-6-4-2/h62H,3-61,65H2,1-2H3,(H,68,69). The van der Waals surface area contributed by atoms with E-state index in [1.165, 1.54) is 302 Å². The summed E-state index contributed by atoms with van der Waals surface area (Å²) in [5, 5.41) is 0. The van der Waals surface area contributed by atoms with Crippen LogP contribution in [0.1, 0.15) is 367 Å². The number of hydrogen-bond acceptors (Lipinski definition) is 8. The second-order valence-electron chi connectivity index (χ2n) is 22.7. The van der Waals surface area contributed by atoms with Gasteiger partial charge in [-0.3, -0.25) is 18.6 Å². The minimum atomic E-state index is -4.38. The first kappa shape index (κ1) is 73.0. The average Bonchev–Trinajstić information content (AvgIpc) is 3.39. The molecule has 9 nitrogen and oxygen atoms in total. The predicted molar refractivity (Wildman–Crippen MR) is 317 cm³/mol. The average molecular weight is 1070 g/mol. The Morgan fingerprint density at radius 3 is 0.824 bits per heavy atom. The maximum absolute atomic E-state index is 12.7. The van der Waals surface area contributed by atoms with Crippen molar-refractivity contribution in [1.29, 1.82) is 0 Å². The van der Waals surface area contributed by atoms with Crippen molar-refractivity contribution in [2.24, 2.45) is 5.73 Å². The first-order chi connectivity index (χ1) is 36.3. The highest BCUT2D eigenvalue weighted by Gasteiger charge is 2.26. The lowest BCUT2D eigenvalue weighted by Crippen LogP contribution is -2.29. The zero-order chi connectivity index (χ0) is 53.8. The van der Waals surface area contributed by atoms with Gasteiger partial charge in [0.25, 0.3) is 0 Å². The molecule has 442 valence electrons. The van der Waals surface area contributed by atoms with Crippen LogP contribution in [0.5, 0.6) is 0 Å². The van der Waals surface area contributed by atoms with Crippen LogP contribution in [-0.2, 0) is 32.7 Å². The van der Waals surface area contributed by atoms with Gasteiger partial charge in [-0.25, -0.2) is 4.57 Å². The number of carbonyl (C=O) groups is 2. The number of esters is 2. The molecular weight excluding hydrogens is 942 g/mol.